The molecule has 0 aliphatic heterocycles. The Hall–Kier alpha value is -3.46. The monoisotopic (exact) mass is 424 g/mol. The standard InChI is InChI=1S/C21H20N4O4S/c1-3-14-24-19(16-10-12-17(13-11-16)25(27)28)22-23-21(24)30-18(20(26)29-4-2)15-8-6-5-7-9-15/h3,5-13,18H,1,4,14H2,2H3/t18-/m1/s1. The number of aromatic nitrogens is 3. The van der Waals surface area contributed by atoms with Crippen LogP contribution in [0, 0.1) is 10.1 Å². The summed E-state index contributed by atoms with van der Waals surface area (Å²) in [5.74, 6) is 0.168. The van der Waals surface area contributed by atoms with Gasteiger partial charge in [0.2, 0.25) is 0 Å². The highest BCUT2D eigenvalue weighted by molar-refractivity contribution is 8.00. The quantitative estimate of drug-likeness (QED) is 0.165. The molecule has 8 nitrogen and oxygen atoms in total. The first-order chi connectivity index (χ1) is 14.5. The van der Waals surface area contributed by atoms with Crippen molar-refractivity contribution in [3.8, 4) is 11.4 Å². The number of nitro groups is 1. The second-order valence-corrected chi connectivity index (χ2v) is 7.24. The van der Waals surface area contributed by atoms with Crippen LogP contribution in [0.15, 0.2) is 72.4 Å². The molecule has 30 heavy (non-hydrogen) atoms. The van der Waals surface area contributed by atoms with Crippen LogP contribution in [0.4, 0.5) is 5.69 Å². The molecule has 0 aliphatic rings. The lowest BCUT2D eigenvalue weighted by Crippen LogP contribution is -2.14. The largest absolute Gasteiger partial charge is 0.465 e. The maximum atomic E-state index is 12.6. The Bertz CT molecular complexity index is 1030. The molecule has 0 N–H and O–H groups in total. The molecule has 0 radical (unpaired) electrons. The molecule has 2 aromatic carbocycles. The van der Waals surface area contributed by atoms with E-state index in [0.29, 0.717) is 23.1 Å². The molecule has 1 heterocycles. The molecule has 0 saturated heterocycles. The van der Waals surface area contributed by atoms with E-state index in [4.69, 9.17) is 4.74 Å². The third-order valence-corrected chi connectivity index (χ3v) is 5.40. The summed E-state index contributed by atoms with van der Waals surface area (Å²) >= 11 is 1.24. The number of esters is 1. The number of rotatable bonds is 9. The number of benzene rings is 2. The van der Waals surface area contributed by atoms with Gasteiger partial charge in [0.25, 0.3) is 5.69 Å². The molecule has 9 heteroatoms. The minimum Gasteiger partial charge on any atom is -0.465 e. The summed E-state index contributed by atoms with van der Waals surface area (Å²) in [6, 6.07) is 15.4. The molecule has 0 fully saturated rings. The summed E-state index contributed by atoms with van der Waals surface area (Å²) in [5.41, 5.74) is 1.47. The van der Waals surface area contributed by atoms with Crippen molar-refractivity contribution in [1.29, 1.82) is 0 Å². The third-order valence-electron chi connectivity index (χ3n) is 4.19. The van der Waals surface area contributed by atoms with Gasteiger partial charge in [0, 0.05) is 24.2 Å². The van der Waals surface area contributed by atoms with Crippen LogP contribution in [-0.2, 0) is 16.1 Å². The maximum absolute atomic E-state index is 12.6. The number of carbonyl (C=O) groups is 1. The van der Waals surface area contributed by atoms with Crippen molar-refractivity contribution in [2.24, 2.45) is 0 Å². The smallest absolute Gasteiger partial charge is 0.324 e. The van der Waals surface area contributed by atoms with Crippen molar-refractivity contribution in [2.45, 2.75) is 23.9 Å². The first-order valence-electron chi connectivity index (χ1n) is 9.22. The molecule has 1 atom stereocenters. The summed E-state index contributed by atoms with van der Waals surface area (Å²) in [7, 11) is 0. The summed E-state index contributed by atoms with van der Waals surface area (Å²) in [4.78, 5) is 23.1. The molecule has 0 aliphatic carbocycles. The van der Waals surface area contributed by atoms with Gasteiger partial charge in [-0.05, 0) is 24.6 Å². The van der Waals surface area contributed by atoms with Crippen molar-refractivity contribution in [2.75, 3.05) is 6.61 Å². The Labute approximate surface area is 177 Å². The summed E-state index contributed by atoms with van der Waals surface area (Å²) in [6.07, 6.45) is 1.70. The van der Waals surface area contributed by atoms with Crippen LogP contribution in [0.2, 0.25) is 0 Å². The highest BCUT2D eigenvalue weighted by Gasteiger charge is 2.27. The van der Waals surface area contributed by atoms with Crippen molar-refractivity contribution in [3.05, 3.63) is 82.9 Å². The Balaban J connectivity index is 1.97. The number of allylic oxidation sites excluding steroid dienone is 1. The number of hydrogen-bond acceptors (Lipinski definition) is 7. The highest BCUT2D eigenvalue weighted by atomic mass is 32.2. The zero-order chi connectivity index (χ0) is 21.5. The average molecular weight is 424 g/mol. The zero-order valence-electron chi connectivity index (χ0n) is 16.3. The van der Waals surface area contributed by atoms with E-state index in [0.717, 1.165) is 5.56 Å². The van der Waals surface area contributed by atoms with E-state index in [1.165, 1.54) is 23.9 Å². The molecular formula is C21H20N4O4S. The van der Waals surface area contributed by atoms with Gasteiger partial charge in [-0.15, -0.1) is 16.8 Å². The van der Waals surface area contributed by atoms with Crippen molar-refractivity contribution in [1.82, 2.24) is 14.8 Å². The lowest BCUT2D eigenvalue weighted by molar-refractivity contribution is -0.384. The average Bonchev–Trinajstić information content (AvgIpc) is 3.15. The number of thioether (sulfide) groups is 1. The Morgan fingerprint density at radius 2 is 1.93 bits per heavy atom. The fourth-order valence-corrected chi connectivity index (χ4v) is 3.86. The van der Waals surface area contributed by atoms with Gasteiger partial charge in [-0.1, -0.05) is 48.2 Å². The van der Waals surface area contributed by atoms with Crippen molar-refractivity contribution in [3.63, 3.8) is 0 Å². The summed E-state index contributed by atoms with van der Waals surface area (Å²) in [6.45, 7) is 6.23. The van der Waals surface area contributed by atoms with Crippen LogP contribution in [0.1, 0.15) is 17.7 Å². The predicted octanol–water partition coefficient (Wildman–Crippen LogP) is 4.44. The molecule has 0 unspecified atom stereocenters. The molecule has 0 spiro atoms. The SMILES string of the molecule is C=CCn1c(S[C@@H](C(=O)OCC)c2ccccc2)nnc1-c1ccc([N+](=O)[O-])cc1. The number of ether oxygens (including phenoxy) is 1. The second kappa shape index (κ2) is 9.84. The highest BCUT2D eigenvalue weighted by Crippen LogP contribution is 2.37. The van der Waals surface area contributed by atoms with E-state index in [-0.39, 0.29) is 18.3 Å². The molecule has 0 amide bonds. The fraction of sp³-hybridized carbons (Fsp3) is 0.190. The first-order valence-corrected chi connectivity index (χ1v) is 10.1. The minimum atomic E-state index is -0.608. The van der Waals surface area contributed by atoms with Crippen LogP contribution in [0.5, 0.6) is 0 Å². The van der Waals surface area contributed by atoms with Gasteiger partial charge in [0.1, 0.15) is 5.25 Å². The van der Waals surface area contributed by atoms with Gasteiger partial charge in [-0.25, -0.2) is 0 Å². The van der Waals surface area contributed by atoms with Crippen molar-refractivity contribution >= 4 is 23.4 Å². The number of nitro benzene ring substituents is 1. The lowest BCUT2D eigenvalue weighted by atomic mass is 10.1. The van der Waals surface area contributed by atoms with Gasteiger partial charge in [0.15, 0.2) is 11.0 Å². The van der Waals surface area contributed by atoms with E-state index in [1.807, 2.05) is 34.9 Å². The van der Waals surface area contributed by atoms with E-state index in [9.17, 15) is 14.9 Å². The molecule has 0 bridgehead atoms. The molecule has 3 rings (SSSR count). The van der Waals surface area contributed by atoms with Gasteiger partial charge in [-0.2, -0.15) is 0 Å². The number of hydrogen-bond donors (Lipinski definition) is 0. The Morgan fingerprint density at radius 3 is 2.53 bits per heavy atom. The van der Waals surface area contributed by atoms with E-state index < -0.39 is 10.2 Å². The lowest BCUT2D eigenvalue weighted by Gasteiger charge is -2.16. The van der Waals surface area contributed by atoms with Crippen LogP contribution in [-0.4, -0.2) is 32.3 Å². The minimum absolute atomic E-state index is 0.00501. The topological polar surface area (TPSA) is 100 Å². The van der Waals surface area contributed by atoms with Crippen LogP contribution in [0.25, 0.3) is 11.4 Å². The first kappa shape index (κ1) is 21.3. The van der Waals surface area contributed by atoms with Gasteiger partial charge in [-0.3, -0.25) is 19.5 Å². The number of non-ortho nitro benzene ring substituents is 1. The number of carbonyl (C=O) groups excluding carboxylic acids is 1. The van der Waals surface area contributed by atoms with E-state index in [1.54, 1.807) is 25.1 Å². The van der Waals surface area contributed by atoms with Gasteiger partial charge >= 0.3 is 5.97 Å². The maximum Gasteiger partial charge on any atom is 0.324 e. The zero-order valence-corrected chi connectivity index (χ0v) is 17.1. The number of nitrogens with zero attached hydrogens (tertiary/aromatic N) is 4. The molecular weight excluding hydrogens is 404 g/mol. The fourth-order valence-electron chi connectivity index (χ4n) is 2.82. The Kier molecular flexibility index (Phi) is 6.97. The summed E-state index contributed by atoms with van der Waals surface area (Å²) < 4.78 is 7.07. The van der Waals surface area contributed by atoms with Gasteiger partial charge in [0.05, 0.1) is 11.5 Å². The third kappa shape index (κ3) is 4.74. The predicted molar refractivity (Wildman–Crippen MR) is 114 cm³/mol. The second-order valence-electron chi connectivity index (χ2n) is 6.17. The van der Waals surface area contributed by atoms with E-state index in [2.05, 4.69) is 16.8 Å². The van der Waals surface area contributed by atoms with Crippen LogP contribution >= 0.6 is 11.8 Å². The normalized spacial score (nSPS) is 11.6. The van der Waals surface area contributed by atoms with Crippen LogP contribution in [0.3, 0.4) is 0 Å². The summed E-state index contributed by atoms with van der Waals surface area (Å²) in [5, 5.41) is 19.3. The molecule has 0 saturated carbocycles. The van der Waals surface area contributed by atoms with Crippen molar-refractivity contribution < 1.29 is 14.5 Å². The van der Waals surface area contributed by atoms with E-state index >= 15 is 0 Å². The molecule has 3 aromatic rings. The van der Waals surface area contributed by atoms with Crippen LogP contribution < -0.4 is 0 Å². The Morgan fingerprint density at radius 1 is 1.23 bits per heavy atom. The van der Waals surface area contributed by atoms with Gasteiger partial charge < -0.3 is 4.74 Å². The molecule has 154 valence electrons. The molecule has 1 aromatic heterocycles.